The van der Waals surface area contributed by atoms with Crippen LogP contribution in [0, 0.1) is 0 Å². The molecule has 1 aromatic carbocycles. The van der Waals surface area contributed by atoms with Crippen molar-refractivity contribution in [2.45, 2.75) is 11.8 Å². The molecule has 0 saturated heterocycles. The Morgan fingerprint density at radius 2 is 1.50 bits per heavy atom. The fourth-order valence-corrected chi connectivity index (χ4v) is 1.58. The highest BCUT2D eigenvalue weighted by molar-refractivity contribution is 6.30. The molecule has 1 aliphatic heterocycles. The highest BCUT2D eigenvalue weighted by atomic mass is 35.5. The maximum absolute atomic E-state index is 12.9. The summed E-state index contributed by atoms with van der Waals surface area (Å²) in [4.78, 5) is 6.85. The van der Waals surface area contributed by atoms with Crippen LogP contribution in [0.15, 0.2) is 34.3 Å². The molecule has 0 spiro atoms. The molecule has 0 bridgehead atoms. The summed E-state index contributed by atoms with van der Waals surface area (Å²) < 4.78 is 38.8. The molecule has 0 unspecified atom stereocenters. The van der Waals surface area contributed by atoms with Gasteiger partial charge in [-0.05, 0) is 12.1 Å². The van der Waals surface area contributed by atoms with E-state index in [1.54, 1.807) is 0 Å². The SMILES string of the molecule is FC(F)(F)C1(c2ccc(Cl)cc2)N=CC=N1. The molecule has 0 aromatic heterocycles. The van der Waals surface area contributed by atoms with Gasteiger partial charge >= 0.3 is 6.18 Å². The maximum Gasteiger partial charge on any atom is 0.438 e. The van der Waals surface area contributed by atoms with Crippen LogP contribution in [0.2, 0.25) is 5.02 Å². The van der Waals surface area contributed by atoms with E-state index in [0.29, 0.717) is 5.02 Å². The van der Waals surface area contributed by atoms with Crippen LogP contribution in [0.5, 0.6) is 0 Å². The van der Waals surface area contributed by atoms with Crippen molar-refractivity contribution in [3.63, 3.8) is 0 Å². The van der Waals surface area contributed by atoms with Crippen LogP contribution in [-0.2, 0) is 5.66 Å². The lowest BCUT2D eigenvalue weighted by atomic mass is 10.0. The summed E-state index contributed by atoms with van der Waals surface area (Å²) in [5, 5.41) is 0.368. The number of halogens is 4. The van der Waals surface area contributed by atoms with Crippen LogP contribution in [0.25, 0.3) is 0 Å². The van der Waals surface area contributed by atoms with Crippen LogP contribution in [0.4, 0.5) is 13.2 Å². The van der Waals surface area contributed by atoms with E-state index in [1.165, 1.54) is 24.3 Å². The lowest BCUT2D eigenvalue weighted by Gasteiger charge is -2.26. The molecule has 2 nitrogen and oxygen atoms in total. The van der Waals surface area contributed by atoms with Gasteiger partial charge in [0.15, 0.2) is 0 Å². The van der Waals surface area contributed by atoms with Crippen molar-refractivity contribution in [2.24, 2.45) is 9.98 Å². The van der Waals surface area contributed by atoms with E-state index in [4.69, 9.17) is 11.6 Å². The zero-order valence-electron chi connectivity index (χ0n) is 7.87. The third-order valence-corrected chi connectivity index (χ3v) is 2.48. The van der Waals surface area contributed by atoms with Gasteiger partial charge in [0.25, 0.3) is 5.66 Å². The topological polar surface area (TPSA) is 24.7 Å². The van der Waals surface area contributed by atoms with E-state index in [9.17, 15) is 13.2 Å². The molecule has 0 radical (unpaired) electrons. The lowest BCUT2D eigenvalue weighted by molar-refractivity contribution is -0.185. The maximum atomic E-state index is 12.9. The Morgan fingerprint density at radius 1 is 1.00 bits per heavy atom. The first-order valence-corrected chi connectivity index (χ1v) is 4.75. The van der Waals surface area contributed by atoms with Crippen LogP contribution in [0.3, 0.4) is 0 Å². The normalized spacial score (nSPS) is 18.0. The Morgan fingerprint density at radius 3 is 1.94 bits per heavy atom. The molecular weight excluding hydrogens is 241 g/mol. The number of hydrogen-bond acceptors (Lipinski definition) is 2. The van der Waals surface area contributed by atoms with Crippen molar-refractivity contribution in [1.82, 2.24) is 0 Å². The summed E-state index contributed by atoms with van der Waals surface area (Å²) in [5.41, 5.74) is -2.55. The first kappa shape index (κ1) is 11.1. The Labute approximate surface area is 94.5 Å². The largest absolute Gasteiger partial charge is 0.438 e. The van der Waals surface area contributed by atoms with Gasteiger partial charge in [0.1, 0.15) is 0 Å². The minimum Gasteiger partial charge on any atom is -0.248 e. The summed E-state index contributed by atoms with van der Waals surface area (Å²) in [7, 11) is 0. The predicted octanol–water partition coefficient (Wildman–Crippen LogP) is 3.21. The molecule has 0 N–H and O–H groups in total. The fraction of sp³-hybridized carbons (Fsp3) is 0.200. The molecule has 16 heavy (non-hydrogen) atoms. The molecule has 0 amide bonds. The smallest absolute Gasteiger partial charge is 0.248 e. The molecule has 1 aliphatic rings. The molecule has 0 atom stereocenters. The van der Waals surface area contributed by atoms with Crippen LogP contribution in [0.1, 0.15) is 5.56 Å². The number of benzene rings is 1. The zero-order chi connectivity index (χ0) is 11.8. The molecule has 0 saturated carbocycles. The number of hydrogen-bond donors (Lipinski definition) is 0. The van der Waals surface area contributed by atoms with Crippen molar-refractivity contribution in [3.05, 3.63) is 34.9 Å². The van der Waals surface area contributed by atoms with E-state index < -0.39 is 11.8 Å². The van der Waals surface area contributed by atoms with Crippen LogP contribution in [-0.4, -0.2) is 18.6 Å². The Kier molecular flexibility index (Phi) is 2.50. The summed E-state index contributed by atoms with van der Waals surface area (Å²) in [6.07, 6.45) is -2.48. The molecule has 0 fully saturated rings. The molecule has 6 heteroatoms. The zero-order valence-corrected chi connectivity index (χ0v) is 8.63. The second-order valence-corrected chi connectivity index (χ2v) is 3.67. The van der Waals surface area contributed by atoms with E-state index in [0.717, 1.165) is 12.4 Å². The monoisotopic (exact) mass is 246 g/mol. The van der Waals surface area contributed by atoms with E-state index in [2.05, 4.69) is 9.98 Å². The number of aliphatic imine (C=N–C) groups is 2. The second-order valence-electron chi connectivity index (χ2n) is 3.23. The lowest BCUT2D eigenvalue weighted by Crippen LogP contribution is -2.37. The summed E-state index contributed by atoms with van der Waals surface area (Å²) in [6.45, 7) is 0. The Bertz CT molecular complexity index is 436. The molecular formula is C10H6ClF3N2. The van der Waals surface area contributed by atoms with Gasteiger partial charge in [0, 0.05) is 23.0 Å². The first-order chi connectivity index (χ1) is 7.46. The summed E-state index contributed by atoms with van der Waals surface area (Å²) in [6, 6.07) is 5.31. The van der Waals surface area contributed by atoms with Gasteiger partial charge in [-0.25, -0.2) is 9.98 Å². The summed E-state index contributed by atoms with van der Waals surface area (Å²) in [5.74, 6) is 0. The fourth-order valence-electron chi connectivity index (χ4n) is 1.46. The number of alkyl halides is 3. The second kappa shape index (κ2) is 3.59. The highest BCUT2D eigenvalue weighted by Crippen LogP contribution is 2.44. The van der Waals surface area contributed by atoms with Gasteiger partial charge in [0.05, 0.1) is 0 Å². The van der Waals surface area contributed by atoms with E-state index >= 15 is 0 Å². The standard InChI is InChI=1S/C10H6ClF3N2/c11-8-3-1-7(2-4-8)9(10(12,13)14)15-5-6-16-9/h1-6H. The van der Waals surface area contributed by atoms with Gasteiger partial charge in [0.2, 0.25) is 0 Å². The quantitative estimate of drug-likeness (QED) is 0.727. The molecule has 1 aromatic rings. The first-order valence-electron chi connectivity index (χ1n) is 4.37. The van der Waals surface area contributed by atoms with Crippen molar-refractivity contribution in [1.29, 1.82) is 0 Å². The summed E-state index contributed by atoms with van der Waals surface area (Å²) >= 11 is 5.62. The number of nitrogens with zero attached hydrogens (tertiary/aromatic N) is 2. The Hall–Kier alpha value is -1.36. The van der Waals surface area contributed by atoms with Crippen molar-refractivity contribution >= 4 is 24.0 Å². The molecule has 2 rings (SSSR count). The predicted molar refractivity (Wildman–Crippen MR) is 56.2 cm³/mol. The minimum absolute atomic E-state index is 0.0469. The minimum atomic E-state index is -4.57. The van der Waals surface area contributed by atoms with Crippen molar-refractivity contribution in [3.8, 4) is 0 Å². The third kappa shape index (κ3) is 1.61. The van der Waals surface area contributed by atoms with Gasteiger partial charge in [-0.15, -0.1) is 0 Å². The van der Waals surface area contributed by atoms with Gasteiger partial charge in [-0.2, -0.15) is 13.2 Å². The number of rotatable bonds is 1. The average Bonchev–Trinajstić information content (AvgIpc) is 2.68. The molecule has 84 valence electrons. The molecule has 1 heterocycles. The van der Waals surface area contributed by atoms with E-state index in [-0.39, 0.29) is 5.56 Å². The van der Waals surface area contributed by atoms with Crippen LogP contribution >= 0.6 is 11.6 Å². The molecule has 0 aliphatic carbocycles. The van der Waals surface area contributed by atoms with Crippen molar-refractivity contribution < 1.29 is 13.2 Å². The van der Waals surface area contributed by atoms with Crippen LogP contribution < -0.4 is 0 Å². The van der Waals surface area contributed by atoms with Gasteiger partial charge < -0.3 is 0 Å². The van der Waals surface area contributed by atoms with Gasteiger partial charge in [-0.1, -0.05) is 23.7 Å². The Balaban J connectivity index is 2.54. The highest BCUT2D eigenvalue weighted by Gasteiger charge is 2.57. The van der Waals surface area contributed by atoms with E-state index in [1.807, 2.05) is 0 Å². The third-order valence-electron chi connectivity index (χ3n) is 2.23. The van der Waals surface area contributed by atoms with Gasteiger partial charge in [-0.3, -0.25) is 0 Å². The average molecular weight is 247 g/mol. The van der Waals surface area contributed by atoms with Crippen molar-refractivity contribution in [2.75, 3.05) is 0 Å².